The quantitative estimate of drug-likeness (QED) is 0.168. The molecule has 0 fully saturated rings. The van der Waals surface area contributed by atoms with Crippen LogP contribution in [0.4, 0.5) is 34.1 Å². The monoisotopic (exact) mass is 692 g/mol. The van der Waals surface area contributed by atoms with Crippen molar-refractivity contribution in [3.05, 3.63) is 138 Å². The van der Waals surface area contributed by atoms with Crippen LogP contribution in [0.5, 0.6) is 23.0 Å². The molecule has 0 atom stereocenters. The zero-order chi connectivity index (χ0) is 36.4. The van der Waals surface area contributed by atoms with Gasteiger partial charge in [-0.3, -0.25) is 0 Å². The Morgan fingerprint density at radius 3 is 1.72 bits per heavy atom. The Morgan fingerprint density at radius 1 is 0.547 bits per heavy atom. The van der Waals surface area contributed by atoms with Crippen LogP contribution in [0.2, 0.25) is 0 Å². The Kier molecular flexibility index (Phi) is 6.73. The van der Waals surface area contributed by atoms with Crippen molar-refractivity contribution < 1.29 is 9.47 Å². The molecule has 6 aromatic carbocycles. The number of benzene rings is 6. The smallest absolute Gasteiger partial charge is 0.260 e. The molecule has 0 bridgehead atoms. The zero-order valence-electron chi connectivity index (χ0n) is 31.7. The second-order valence-corrected chi connectivity index (χ2v) is 17.7. The summed E-state index contributed by atoms with van der Waals surface area (Å²) in [6.45, 7) is 16.4. The van der Waals surface area contributed by atoms with Crippen molar-refractivity contribution in [3.8, 4) is 23.0 Å². The van der Waals surface area contributed by atoms with Gasteiger partial charge >= 0.3 is 0 Å². The summed E-state index contributed by atoms with van der Waals surface area (Å²) in [6.07, 6.45) is 2.29. The minimum atomic E-state index is -0.0840. The van der Waals surface area contributed by atoms with E-state index in [1.165, 1.54) is 27.6 Å². The number of fused-ring (bicyclic) bond motifs is 8. The van der Waals surface area contributed by atoms with Crippen LogP contribution in [0, 0.1) is 0 Å². The fourth-order valence-corrected chi connectivity index (χ4v) is 9.32. The van der Waals surface area contributed by atoms with E-state index in [4.69, 9.17) is 9.47 Å². The van der Waals surface area contributed by atoms with Gasteiger partial charge in [0.25, 0.3) is 6.71 Å². The zero-order valence-corrected chi connectivity index (χ0v) is 31.7. The molecule has 0 saturated carbocycles. The normalized spacial score (nSPS) is 16.9. The first kappa shape index (κ1) is 32.3. The van der Waals surface area contributed by atoms with Crippen LogP contribution >= 0.6 is 0 Å². The van der Waals surface area contributed by atoms with E-state index in [0.717, 1.165) is 75.4 Å². The third kappa shape index (κ3) is 4.75. The standard InChI is InChI=1S/C48H45BN2O2/c1-46(2,3)30-27-41-44-42(28-30)53-45-35(24-22-33-43(45)48(6,7)26-25-47(33,4)5)49(44)34-23-21-32(29-40(34)52-41)51-38-19-13-11-17-36(38)50(31-15-9-8-10-16-31)37-18-12-14-20-39(37)51/h8-24,27-29H,25-26H2,1-7H3. The Hall–Kier alpha value is -5.42. The van der Waals surface area contributed by atoms with E-state index in [1.54, 1.807) is 0 Å². The van der Waals surface area contributed by atoms with Gasteiger partial charge in [-0.1, -0.05) is 109 Å². The van der Waals surface area contributed by atoms with Gasteiger partial charge in [0, 0.05) is 28.5 Å². The van der Waals surface area contributed by atoms with Crippen LogP contribution < -0.4 is 35.7 Å². The molecule has 6 aromatic rings. The van der Waals surface area contributed by atoms with E-state index in [-0.39, 0.29) is 23.0 Å². The fourth-order valence-electron chi connectivity index (χ4n) is 9.32. The summed E-state index contributed by atoms with van der Waals surface area (Å²) in [4.78, 5) is 4.75. The Morgan fingerprint density at radius 2 is 1.09 bits per heavy atom. The average Bonchev–Trinajstić information content (AvgIpc) is 3.14. The number of nitrogens with zero attached hydrogens (tertiary/aromatic N) is 2. The lowest BCUT2D eigenvalue weighted by Gasteiger charge is -2.45. The molecule has 262 valence electrons. The molecule has 4 aliphatic rings. The maximum atomic E-state index is 7.15. The molecule has 0 radical (unpaired) electrons. The molecular weight excluding hydrogens is 647 g/mol. The number of anilines is 6. The van der Waals surface area contributed by atoms with Crippen molar-refractivity contribution >= 4 is 57.2 Å². The first-order valence-corrected chi connectivity index (χ1v) is 19.1. The van der Waals surface area contributed by atoms with Crippen molar-refractivity contribution in [3.63, 3.8) is 0 Å². The van der Waals surface area contributed by atoms with Gasteiger partial charge in [0.2, 0.25) is 0 Å². The second-order valence-electron chi connectivity index (χ2n) is 17.7. The molecule has 0 amide bonds. The van der Waals surface area contributed by atoms with Gasteiger partial charge in [-0.2, -0.15) is 0 Å². The Balaban J connectivity index is 1.18. The SMILES string of the molecule is CC(C)(C)c1cc2c3c(c1)Oc1c(ccc4c1C(C)(C)CCC4(C)C)B3c1ccc(N3c4ccccc4N(c4ccccc4)c4ccccc43)cc1O2. The summed E-state index contributed by atoms with van der Waals surface area (Å²) in [5.41, 5.74) is 14.2. The number of hydrogen-bond donors (Lipinski definition) is 0. The van der Waals surface area contributed by atoms with Crippen LogP contribution in [0.25, 0.3) is 0 Å². The van der Waals surface area contributed by atoms with Crippen molar-refractivity contribution in [1.82, 2.24) is 0 Å². The van der Waals surface area contributed by atoms with Gasteiger partial charge in [-0.25, -0.2) is 0 Å². The topological polar surface area (TPSA) is 24.9 Å². The summed E-state index contributed by atoms with van der Waals surface area (Å²) < 4.78 is 14.2. The number of para-hydroxylation sites is 5. The van der Waals surface area contributed by atoms with E-state index in [9.17, 15) is 0 Å². The van der Waals surface area contributed by atoms with Crippen LogP contribution in [0.15, 0.2) is 121 Å². The third-order valence-corrected chi connectivity index (χ3v) is 12.3. The molecule has 0 N–H and O–H groups in total. The number of rotatable bonds is 2. The van der Waals surface area contributed by atoms with E-state index in [0.29, 0.717) is 0 Å². The highest BCUT2D eigenvalue weighted by Crippen LogP contribution is 2.55. The van der Waals surface area contributed by atoms with Crippen molar-refractivity contribution in [1.29, 1.82) is 0 Å². The van der Waals surface area contributed by atoms with Gasteiger partial charge < -0.3 is 19.3 Å². The van der Waals surface area contributed by atoms with Gasteiger partial charge in [-0.05, 0) is 106 Å². The number of hydrogen-bond acceptors (Lipinski definition) is 4. The second kappa shape index (κ2) is 11.1. The van der Waals surface area contributed by atoms with Crippen LogP contribution in [-0.4, -0.2) is 6.71 Å². The van der Waals surface area contributed by atoms with E-state index in [1.807, 2.05) is 0 Å². The predicted molar refractivity (Wildman–Crippen MR) is 221 cm³/mol. The molecular formula is C48H45BN2O2. The Labute approximate surface area is 314 Å². The lowest BCUT2D eigenvalue weighted by molar-refractivity contribution is 0.320. The fraction of sp³-hybridized carbons (Fsp3) is 0.250. The maximum Gasteiger partial charge on any atom is 0.260 e. The van der Waals surface area contributed by atoms with Crippen LogP contribution in [-0.2, 0) is 16.2 Å². The molecule has 3 aliphatic heterocycles. The summed E-state index contributed by atoms with van der Waals surface area (Å²) >= 11 is 0. The molecule has 53 heavy (non-hydrogen) atoms. The van der Waals surface area contributed by atoms with Gasteiger partial charge in [0.05, 0.1) is 22.7 Å². The van der Waals surface area contributed by atoms with Crippen LogP contribution in [0.3, 0.4) is 0 Å². The first-order valence-electron chi connectivity index (χ1n) is 19.1. The van der Waals surface area contributed by atoms with E-state index >= 15 is 0 Å². The van der Waals surface area contributed by atoms with Gasteiger partial charge in [-0.15, -0.1) is 0 Å². The summed E-state index contributed by atoms with van der Waals surface area (Å²) in [5, 5.41) is 0. The predicted octanol–water partition coefficient (Wildman–Crippen LogP) is 11.3. The van der Waals surface area contributed by atoms with E-state index in [2.05, 4.69) is 180 Å². The average molecular weight is 693 g/mol. The summed E-state index contributed by atoms with van der Waals surface area (Å²) in [5.74, 6) is 3.75. The van der Waals surface area contributed by atoms with Crippen molar-refractivity contribution in [2.75, 3.05) is 9.80 Å². The molecule has 0 spiro atoms. The minimum absolute atomic E-state index is 0.00129. The Bertz CT molecular complexity index is 2430. The maximum absolute atomic E-state index is 7.15. The van der Waals surface area contributed by atoms with Crippen LogP contribution in [0.1, 0.15) is 78.0 Å². The summed E-state index contributed by atoms with van der Waals surface area (Å²) in [7, 11) is 0. The number of ether oxygens (including phenoxy) is 2. The molecule has 10 rings (SSSR count). The highest BCUT2D eigenvalue weighted by atomic mass is 16.5. The lowest BCUT2D eigenvalue weighted by atomic mass is 9.34. The highest BCUT2D eigenvalue weighted by Gasteiger charge is 2.47. The molecule has 4 nitrogen and oxygen atoms in total. The lowest BCUT2D eigenvalue weighted by Crippen LogP contribution is -2.58. The molecule has 5 heteroatoms. The highest BCUT2D eigenvalue weighted by molar-refractivity contribution is 6.98. The van der Waals surface area contributed by atoms with Gasteiger partial charge in [0.15, 0.2) is 0 Å². The van der Waals surface area contributed by atoms with Crippen molar-refractivity contribution in [2.24, 2.45) is 0 Å². The first-order chi connectivity index (χ1) is 25.4. The largest absolute Gasteiger partial charge is 0.458 e. The minimum Gasteiger partial charge on any atom is -0.458 e. The molecule has 0 unspecified atom stereocenters. The van der Waals surface area contributed by atoms with E-state index < -0.39 is 0 Å². The van der Waals surface area contributed by atoms with Crippen molar-refractivity contribution in [2.45, 2.75) is 77.6 Å². The molecule has 3 heterocycles. The molecule has 0 aromatic heterocycles. The third-order valence-electron chi connectivity index (χ3n) is 12.3. The summed E-state index contributed by atoms with van der Waals surface area (Å²) in [6, 6.07) is 44.2. The molecule has 1 aliphatic carbocycles. The molecule has 0 saturated heterocycles. The van der Waals surface area contributed by atoms with Gasteiger partial charge in [0.1, 0.15) is 23.0 Å².